The Bertz CT molecular complexity index is 677. The van der Waals surface area contributed by atoms with Crippen LogP contribution in [0, 0.1) is 0 Å². The number of nitrogens with one attached hydrogen (secondary N) is 1. The number of rotatable bonds is 3. The third kappa shape index (κ3) is 3.57. The van der Waals surface area contributed by atoms with Crippen LogP contribution in [0.5, 0.6) is 0 Å². The van der Waals surface area contributed by atoms with Crippen LogP contribution in [0.1, 0.15) is 37.6 Å². The van der Waals surface area contributed by atoms with Gasteiger partial charge in [0.2, 0.25) is 0 Å². The molecule has 0 bridgehead atoms. The molecule has 2 aliphatic heterocycles. The van der Waals surface area contributed by atoms with Crippen molar-refractivity contribution in [3.63, 3.8) is 0 Å². The highest BCUT2D eigenvalue weighted by molar-refractivity contribution is 7.98. The number of hydrogen-bond donors (Lipinski definition) is 1. The monoisotopic (exact) mass is 380 g/mol. The number of aromatic nitrogens is 2. The fraction of sp³-hybridized carbons (Fsp3) is 0.706. The van der Waals surface area contributed by atoms with Crippen molar-refractivity contribution in [3.8, 4) is 0 Å². The number of carbonyl (C=O) groups excluding carboxylic acids is 1. The average Bonchev–Trinajstić information content (AvgIpc) is 2.87. The first-order valence-electron chi connectivity index (χ1n) is 8.76. The second-order valence-electron chi connectivity index (χ2n) is 8.35. The Morgan fingerprint density at radius 3 is 2.76 bits per heavy atom. The number of thioether (sulfide) groups is 1. The SMILES string of the molecule is CSc1ncc2c(n1)N1C[C@H](O[Si](C)(C)C(C)(C)C)C[C@H]1CNC2=O. The predicted octanol–water partition coefficient (Wildman–Crippen LogP) is 2.91. The van der Waals surface area contributed by atoms with Gasteiger partial charge >= 0.3 is 0 Å². The van der Waals surface area contributed by atoms with E-state index in [4.69, 9.17) is 4.43 Å². The van der Waals surface area contributed by atoms with Crippen LogP contribution < -0.4 is 10.2 Å². The molecule has 138 valence electrons. The molecule has 1 aromatic rings. The minimum absolute atomic E-state index is 0.0843. The van der Waals surface area contributed by atoms with Gasteiger partial charge in [0.15, 0.2) is 13.5 Å². The molecular formula is C17H28N4O2SSi. The van der Waals surface area contributed by atoms with Gasteiger partial charge in [0.05, 0.1) is 12.1 Å². The Labute approximate surface area is 155 Å². The van der Waals surface area contributed by atoms with Crippen molar-refractivity contribution in [3.05, 3.63) is 11.8 Å². The van der Waals surface area contributed by atoms with Crippen molar-refractivity contribution in [1.82, 2.24) is 15.3 Å². The summed E-state index contributed by atoms with van der Waals surface area (Å²) in [7, 11) is -1.82. The molecule has 0 aromatic carbocycles. The van der Waals surface area contributed by atoms with Crippen molar-refractivity contribution < 1.29 is 9.22 Å². The summed E-state index contributed by atoms with van der Waals surface area (Å²) >= 11 is 1.49. The maximum absolute atomic E-state index is 12.3. The highest BCUT2D eigenvalue weighted by Gasteiger charge is 2.44. The van der Waals surface area contributed by atoms with E-state index in [1.54, 1.807) is 6.20 Å². The summed E-state index contributed by atoms with van der Waals surface area (Å²) < 4.78 is 6.63. The lowest BCUT2D eigenvalue weighted by Gasteiger charge is -2.38. The molecule has 0 unspecified atom stereocenters. The van der Waals surface area contributed by atoms with E-state index in [0.29, 0.717) is 17.3 Å². The van der Waals surface area contributed by atoms with E-state index < -0.39 is 8.32 Å². The molecule has 3 heterocycles. The topological polar surface area (TPSA) is 67.3 Å². The molecular weight excluding hydrogens is 352 g/mol. The maximum Gasteiger partial charge on any atom is 0.256 e. The lowest BCUT2D eigenvalue weighted by Crippen LogP contribution is -2.44. The number of hydrogen-bond acceptors (Lipinski definition) is 6. The zero-order valence-electron chi connectivity index (χ0n) is 15.9. The molecule has 1 amide bonds. The van der Waals surface area contributed by atoms with Gasteiger partial charge in [-0.2, -0.15) is 0 Å². The van der Waals surface area contributed by atoms with E-state index in [-0.39, 0.29) is 23.1 Å². The number of nitrogens with zero attached hydrogens (tertiary/aromatic N) is 3. The largest absolute Gasteiger partial charge is 0.412 e. The first kappa shape index (κ1) is 18.7. The van der Waals surface area contributed by atoms with Gasteiger partial charge in [-0.25, -0.2) is 9.97 Å². The second-order valence-corrected chi connectivity index (χ2v) is 13.9. The van der Waals surface area contributed by atoms with E-state index in [1.807, 2.05) is 6.26 Å². The predicted molar refractivity (Wildman–Crippen MR) is 104 cm³/mol. The quantitative estimate of drug-likeness (QED) is 0.494. The zero-order valence-corrected chi connectivity index (χ0v) is 17.7. The summed E-state index contributed by atoms with van der Waals surface area (Å²) in [4.78, 5) is 23.5. The van der Waals surface area contributed by atoms with Gasteiger partial charge in [0, 0.05) is 19.3 Å². The van der Waals surface area contributed by atoms with Gasteiger partial charge in [-0.15, -0.1) is 0 Å². The number of carbonyl (C=O) groups is 1. The third-order valence-corrected chi connectivity index (χ3v) is 10.7. The fourth-order valence-electron chi connectivity index (χ4n) is 3.15. The van der Waals surface area contributed by atoms with E-state index in [2.05, 4.69) is 54.0 Å². The second kappa shape index (κ2) is 6.55. The first-order chi connectivity index (χ1) is 11.6. The first-order valence-corrected chi connectivity index (χ1v) is 12.9. The minimum Gasteiger partial charge on any atom is -0.412 e. The van der Waals surface area contributed by atoms with E-state index in [1.165, 1.54) is 11.8 Å². The number of fused-ring (bicyclic) bond motifs is 3. The molecule has 1 N–H and O–H groups in total. The van der Waals surface area contributed by atoms with Crippen molar-refractivity contribution in [1.29, 1.82) is 0 Å². The lowest BCUT2D eigenvalue weighted by atomic mass is 10.2. The standard InChI is InChI=1S/C17H28N4O2SSi/c1-17(2,3)25(5,6)23-12-7-11-8-18-15(22)13-9-19-16(24-4)20-14(13)21(11)10-12/h9,11-12H,7-8,10H2,1-6H3,(H,18,22)/t11-,12+/m0/s1. The molecule has 1 fully saturated rings. The van der Waals surface area contributed by atoms with Gasteiger partial charge in [-0.3, -0.25) is 4.79 Å². The van der Waals surface area contributed by atoms with Gasteiger partial charge < -0.3 is 14.6 Å². The van der Waals surface area contributed by atoms with E-state index in [0.717, 1.165) is 18.8 Å². The Kier molecular flexibility index (Phi) is 4.89. The van der Waals surface area contributed by atoms with Crippen molar-refractivity contribution >= 4 is 31.8 Å². The molecule has 8 heteroatoms. The highest BCUT2D eigenvalue weighted by Crippen LogP contribution is 2.40. The van der Waals surface area contributed by atoms with Crippen LogP contribution in [-0.2, 0) is 4.43 Å². The maximum atomic E-state index is 12.3. The smallest absolute Gasteiger partial charge is 0.256 e. The van der Waals surface area contributed by atoms with Crippen LogP contribution in [0.15, 0.2) is 11.4 Å². The van der Waals surface area contributed by atoms with Crippen molar-refractivity contribution in [2.75, 3.05) is 24.2 Å². The van der Waals surface area contributed by atoms with E-state index >= 15 is 0 Å². The molecule has 2 aliphatic rings. The molecule has 2 atom stereocenters. The molecule has 3 rings (SSSR count). The highest BCUT2D eigenvalue weighted by atomic mass is 32.2. The molecule has 1 saturated heterocycles. The van der Waals surface area contributed by atoms with Crippen LogP contribution in [0.4, 0.5) is 5.82 Å². The summed E-state index contributed by atoms with van der Waals surface area (Å²) in [5, 5.41) is 3.89. The lowest BCUT2D eigenvalue weighted by molar-refractivity contribution is 0.0953. The van der Waals surface area contributed by atoms with Crippen LogP contribution in [-0.4, -0.2) is 55.7 Å². The number of anilines is 1. The Hall–Kier alpha value is -1.12. The average molecular weight is 381 g/mol. The Balaban J connectivity index is 1.87. The zero-order chi connectivity index (χ0) is 18.4. The summed E-state index contributed by atoms with van der Waals surface area (Å²) in [6.45, 7) is 12.8. The van der Waals surface area contributed by atoms with Crippen LogP contribution in [0.3, 0.4) is 0 Å². The summed E-state index contributed by atoms with van der Waals surface area (Å²) in [6.07, 6.45) is 4.70. The Morgan fingerprint density at radius 1 is 1.40 bits per heavy atom. The minimum atomic E-state index is -1.82. The molecule has 25 heavy (non-hydrogen) atoms. The van der Waals surface area contributed by atoms with Crippen LogP contribution in [0.25, 0.3) is 0 Å². The third-order valence-electron chi connectivity index (χ3n) is 5.59. The molecule has 0 aliphatic carbocycles. The number of amides is 1. The summed E-state index contributed by atoms with van der Waals surface area (Å²) in [6, 6.07) is 0.226. The molecule has 0 radical (unpaired) electrons. The van der Waals surface area contributed by atoms with Crippen molar-refractivity contribution in [2.24, 2.45) is 0 Å². The van der Waals surface area contributed by atoms with Gasteiger partial charge in [0.1, 0.15) is 11.4 Å². The summed E-state index contributed by atoms with van der Waals surface area (Å²) in [5.74, 6) is 0.666. The molecule has 0 spiro atoms. The van der Waals surface area contributed by atoms with Gasteiger partial charge in [0.25, 0.3) is 5.91 Å². The molecule has 0 saturated carbocycles. The fourth-order valence-corrected chi connectivity index (χ4v) is 4.84. The summed E-state index contributed by atoms with van der Waals surface area (Å²) in [5.41, 5.74) is 0.563. The van der Waals surface area contributed by atoms with Crippen molar-refractivity contribution in [2.45, 2.75) is 62.6 Å². The van der Waals surface area contributed by atoms with Crippen LogP contribution in [0.2, 0.25) is 18.1 Å². The van der Waals surface area contributed by atoms with Gasteiger partial charge in [-0.1, -0.05) is 32.5 Å². The normalized spacial score (nSPS) is 23.8. The van der Waals surface area contributed by atoms with E-state index in [9.17, 15) is 4.79 Å². The van der Waals surface area contributed by atoms with Gasteiger partial charge in [-0.05, 0) is 30.8 Å². The Morgan fingerprint density at radius 2 is 2.12 bits per heavy atom. The van der Waals surface area contributed by atoms with Crippen LogP contribution >= 0.6 is 11.8 Å². The molecule has 1 aromatic heterocycles. The molecule has 6 nitrogen and oxygen atoms in total.